The third-order valence-electron chi connectivity index (χ3n) is 7.93. The van der Waals surface area contributed by atoms with Gasteiger partial charge in [0.15, 0.2) is 0 Å². The molecule has 7 heteroatoms. The fourth-order valence-electron chi connectivity index (χ4n) is 5.71. The molecule has 2 fully saturated rings. The van der Waals surface area contributed by atoms with Crippen LogP contribution in [-0.2, 0) is 11.3 Å². The number of aromatic carboxylic acids is 1. The molecule has 0 atom stereocenters. The molecule has 0 unspecified atom stereocenters. The largest absolute Gasteiger partial charge is 0.478 e. The molecule has 1 saturated heterocycles. The van der Waals surface area contributed by atoms with Crippen molar-refractivity contribution in [3.8, 4) is 11.5 Å². The fourth-order valence-corrected chi connectivity index (χ4v) is 5.71. The molecule has 1 aliphatic carbocycles. The fraction of sp³-hybridized carbons (Fsp3) is 0.548. The summed E-state index contributed by atoms with van der Waals surface area (Å²) in [6, 6.07) is 14.9. The maximum Gasteiger partial charge on any atom is 0.335 e. The number of likely N-dealkylation sites (tertiary alicyclic amines) is 1. The lowest BCUT2D eigenvalue weighted by atomic mass is 9.86. The van der Waals surface area contributed by atoms with E-state index < -0.39 is 5.97 Å². The number of unbranched alkanes of at least 4 members (excludes halogenated alkanes) is 1. The summed E-state index contributed by atoms with van der Waals surface area (Å²) in [4.78, 5) is 29.0. The Bertz CT molecular complexity index is 998. The monoisotopic (exact) mass is 542 g/mol. The second-order valence-corrected chi connectivity index (χ2v) is 10.7. The second-order valence-electron chi connectivity index (χ2n) is 10.7. The molecular weight excluding hydrogens is 500 g/mol. The number of benzene rings is 2. The highest BCUT2D eigenvalue weighted by atomic mass is 35.5. The highest BCUT2D eigenvalue weighted by Crippen LogP contribution is 2.29. The van der Waals surface area contributed by atoms with Gasteiger partial charge in [0, 0.05) is 38.6 Å². The number of halogens is 1. The van der Waals surface area contributed by atoms with E-state index in [1.165, 1.54) is 37.7 Å². The first-order chi connectivity index (χ1) is 18.0. The summed E-state index contributed by atoms with van der Waals surface area (Å²) in [5, 5.41) is 9.03. The molecule has 208 valence electrons. The number of carboxylic acids is 1. The van der Waals surface area contributed by atoms with E-state index in [4.69, 9.17) is 9.84 Å². The van der Waals surface area contributed by atoms with E-state index in [2.05, 4.69) is 28.9 Å². The lowest BCUT2D eigenvalue weighted by molar-refractivity contribution is -0.136. The van der Waals surface area contributed by atoms with Crippen LogP contribution >= 0.6 is 12.4 Å². The third-order valence-corrected chi connectivity index (χ3v) is 7.93. The van der Waals surface area contributed by atoms with Gasteiger partial charge in [0.25, 0.3) is 0 Å². The van der Waals surface area contributed by atoms with Crippen LogP contribution < -0.4 is 4.74 Å². The number of hydrogen-bond donors (Lipinski definition) is 1. The minimum Gasteiger partial charge on any atom is -0.478 e. The summed E-state index contributed by atoms with van der Waals surface area (Å²) in [6.07, 6.45) is 11.4. The van der Waals surface area contributed by atoms with Gasteiger partial charge < -0.3 is 14.7 Å². The van der Waals surface area contributed by atoms with Crippen LogP contribution in [0.5, 0.6) is 11.5 Å². The van der Waals surface area contributed by atoms with E-state index in [1.54, 1.807) is 24.3 Å². The van der Waals surface area contributed by atoms with Crippen LogP contribution in [0.1, 0.15) is 87.1 Å². The summed E-state index contributed by atoms with van der Waals surface area (Å²) in [5.74, 6) is 1.40. The summed E-state index contributed by atoms with van der Waals surface area (Å²) in [7, 11) is 0. The average molecular weight is 543 g/mol. The van der Waals surface area contributed by atoms with Crippen molar-refractivity contribution in [1.29, 1.82) is 0 Å². The van der Waals surface area contributed by atoms with Gasteiger partial charge in [-0.15, -0.1) is 12.4 Å². The smallest absolute Gasteiger partial charge is 0.335 e. The zero-order valence-electron chi connectivity index (χ0n) is 22.6. The topological polar surface area (TPSA) is 70.1 Å². The number of hydrogen-bond acceptors (Lipinski definition) is 4. The Kier molecular flexibility index (Phi) is 11.9. The van der Waals surface area contributed by atoms with Gasteiger partial charge in [0.05, 0.1) is 5.56 Å². The van der Waals surface area contributed by atoms with Crippen LogP contribution in [0.15, 0.2) is 48.5 Å². The summed E-state index contributed by atoms with van der Waals surface area (Å²) < 4.78 is 5.86. The Morgan fingerprint density at radius 2 is 1.53 bits per heavy atom. The molecule has 2 aromatic rings. The Hall–Kier alpha value is -2.57. The molecule has 0 bridgehead atoms. The van der Waals surface area contributed by atoms with Crippen molar-refractivity contribution in [2.75, 3.05) is 19.6 Å². The number of carbonyl (C=O) groups excluding carboxylic acids is 1. The molecule has 2 aromatic carbocycles. The molecule has 4 rings (SSSR count). The van der Waals surface area contributed by atoms with Crippen molar-refractivity contribution in [3.05, 3.63) is 59.7 Å². The predicted molar refractivity (Wildman–Crippen MR) is 153 cm³/mol. The summed E-state index contributed by atoms with van der Waals surface area (Å²) in [6.45, 7) is 6.03. The van der Waals surface area contributed by atoms with Gasteiger partial charge in [-0.1, -0.05) is 44.7 Å². The SMILES string of the molecule is CCCCN(C(=O)CC1CCCCC1)C1CCN(Cc2ccc(Oc3ccc(C(=O)O)cc3)cc2)CC1.Cl. The third kappa shape index (κ3) is 8.74. The average Bonchev–Trinajstić information content (AvgIpc) is 2.92. The maximum absolute atomic E-state index is 13.3. The van der Waals surface area contributed by atoms with Crippen molar-refractivity contribution in [1.82, 2.24) is 9.80 Å². The van der Waals surface area contributed by atoms with Gasteiger partial charge in [-0.3, -0.25) is 9.69 Å². The Labute approximate surface area is 233 Å². The molecule has 1 aliphatic heterocycles. The molecule has 0 spiro atoms. The first-order valence-corrected chi connectivity index (χ1v) is 14.1. The van der Waals surface area contributed by atoms with Crippen molar-refractivity contribution < 1.29 is 19.4 Å². The molecular formula is C31H43ClN2O4. The molecule has 0 aromatic heterocycles. The molecule has 1 saturated carbocycles. The lowest BCUT2D eigenvalue weighted by Crippen LogP contribution is -2.48. The van der Waals surface area contributed by atoms with E-state index in [0.717, 1.165) is 64.0 Å². The summed E-state index contributed by atoms with van der Waals surface area (Å²) in [5.41, 5.74) is 1.48. The van der Waals surface area contributed by atoms with Crippen LogP contribution in [0, 0.1) is 5.92 Å². The second kappa shape index (κ2) is 15.1. The standard InChI is InChI=1S/C31H42N2O4.ClH/c1-2-3-19-33(30(34)22-24-7-5-4-6-8-24)27-17-20-32(21-18-27)23-25-9-13-28(14-10-25)37-29-15-11-26(12-16-29)31(35)36;/h9-16,24,27H,2-8,17-23H2,1H3,(H,35,36);1H. The summed E-state index contributed by atoms with van der Waals surface area (Å²) >= 11 is 0. The van der Waals surface area contributed by atoms with Crippen LogP contribution in [0.25, 0.3) is 0 Å². The maximum atomic E-state index is 13.3. The first kappa shape index (κ1) is 30.0. The molecule has 2 aliphatic rings. The number of amides is 1. The molecule has 1 N–H and O–H groups in total. The van der Waals surface area contributed by atoms with Crippen LogP contribution in [-0.4, -0.2) is 52.5 Å². The molecule has 1 amide bonds. The van der Waals surface area contributed by atoms with E-state index in [9.17, 15) is 9.59 Å². The number of carbonyl (C=O) groups is 2. The van der Waals surface area contributed by atoms with Crippen molar-refractivity contribution in [2.45, 2.75) is 83.7 Å². The zero-order chi connectivity index (χ0) is 26.0. The van der Waals surface area contributed by atoms with Gasteiger partial charge in [-0.05, 0) is 80.0 Å². The number of piperidine rings is 1. The molecule has 0 radical (unpaired) electrons. The van der Waals surface area contributed by atoms with Crippen LogP contribution in [0.4, 0.5) is 0 Å². The van der Waals surface area contributed by atoms with Gasteiger partial charge in [-0.25, -0.2) is 4.79 Å². The van der Waals surface area contributed by atoms with Crippen molar-refractivity contribution >= 4 is 24.3 Å². The zero-order valence-corrected chi connectivity index (χ0v) is 23.5. The van der Waals surface area contributed by atoms with E-state index in [0.29, 0.717) is 23.6 Å². The molecule has 6 nitrogen and oxygen atoms in total. The minimum absolute atomic E-state index is 0. The van der Waals surface area contributed by atoms with Crippen LogP contribution in [0.3, 0.4) is 0 Å². The quantitative estimate of drug-likeness (QED) is 0.326. The van der Waals surface area contributed by atoms with Gasteiger partial charge in [0.2, 0.25) is 5.91 Å². The Morgan fingerprint density at radius 1 is 0.921 bits per heavy atom. The minimum atomic E-state index is -0.945. The Balaban J connectivity index is 0.00000400. The normalized spacial score (nSPS) is 17.0. The number of nitrogens with zero attached hydrogens (tertiary/aromatic N) is 2. The van der Waals surface area contributed by atoms with Gasteiger partial charge in [-0.2, -0.15) is 0 Å². The predicted octanol–water partition coefficient (Wildman–Crippen LogP) is 7.16. The van der Waals surface area contributed by atoms with E-state index in [-0.39, 0.29) is 18.0 Å². The van der Waals surface area contributed by atoms with Crippen molar-refractivity contribution in [3.63, 3.8) is 0 Å². The highest BCUT2D eigenvalue weighted by molar-refractivity contribution is 5.87. The van der Waals surface area contributed by atoms with Crippen molar-refractivity contribution in [2.24, 2.45) is 5.92 Å². The lowest BCUT2D eigenvalue weighted by Gasteiger charge is -2.39. The number of carboxylic acid groups (broad SMARTS) is 1. The number of ether oxygens (including phenoxy) is 1. The van der Waals surface area contributed by atoms with Gasteiger partial charge >= 0.3 is 5.97 Å². The van der Waals surface area contributed by atoms with Crippen LogP contribution in [0.2, 0.25) is 0 Å². The van der Waals surface area contributed by atoms with E-state index in [1.807, 2.05) is 12.1 Å². The van der Waals surface area contributed by atoms with E-state index >= 15 is 0 Å². The highest BCUT2D eigenvalue weighted by Gasteiger charge is 2.29. The molecule has 38 heavy (non-hydrogen) atoms. The molecule has 1 heterocycles. The van der Waals surface area contributed by atoms with Gasteiger partial charge in [0.1, 0.15) is 11.5 Å². The number of rotatable bonds is 11. The Morgan fingerprint density at radius 3 is 2.11 bits per heavy atom. The first-order valence-electron chi connectivity index (χ1n) is 14.1.